The van der Waals surface area contributed by atoms with Crippen LogP contribution in [0, 0.1) is 0 Å². The van der Waals surface area contributed by atoms with Crippen molar-refractivity contribution in [1.82, 2.24) is 5.32 Å². The summed E-state index contributed by atoms with van der Waals surface area (Å²) in [6.45, 7) is 4.91. The zero-order valence-corrected chi connectivity index (χ0v) is 19.6. The summed E-state index contributed by atoms with van der Waals surface area (Å²) in [7, 11) is 1.76. The van der Waals surface area contributed by atoms with Crippen molar-refractivity contribution in [3.05, 3.63) is 54.1 Å². The van der Waals surface area contributed by atoms with Crippen molar-refractivity contribution in [2.45, 2.75) is 58.8 Å². The third-order valence-electron chi connectivity index (χ3n) is 5.28. The molecule has 2 aromatic carbocycles. The summed E-state index contributed by atoms with van der Waals surface area (Å²) in [6.07, 6.45) is 6.34. The fourth-order valence-electron chi connectivity index (χ4n) is 3.45. The average molecular weight is 441 g/mol. The van der Waals surface area contributed by atoms with E-state index < -0.39 is 5.97 Å². The Hall–Kier alpha value is -2.86. The van der Waals surface area contributed by atoms with Crippen LogP contribution in [0.25, 0.3) is 11.1 Å². The van der Waals surface area contributed by atoms with Crippen molar-refractivity contribution >= 4 is 17.7 Å². The Morgan fingerprint density at radius 2 is 1.69 bits per heavy atom. The molecule has 0 saturated heterocycles. The molecule has 6 nitrogen and oxygen atoms in total. The number of unbranched alkanes of at least 4 members (excludes halogenated alkanes) is 4. The molecular formula is C26H36N2O4. The molecule has 0 radical (unpaired) electrons. The largest absolute Gasteiger partial charge is 0.342 e. The van der Waals surface area contributed by atoms with Crippen LogP contribution in [0.1, 0.15) is 57.9 Å². The van der Waals surface area contributed by atoms with Crippen LogP contribution in [0.2, 0.25) is 0 Å². The van der Waals surface area contributed by atoms with E-state index in [-0.39, 0.29) is 12.5 Å². The van der Waals surface area contributed by atoms with Crippen LogP contribution in [0.15, 0.2) is 48.5 Å². The number of anilines is 1. The topological polar surface area (TPSA) is 67.9 Å². The Kier molecular flexibility index (Phi) is 11.3. The predicted octanol–water partition coefficient (Wildman–Crippen LogP) is 5.90. The number of aryl methyl sites for hydroxylation is 1. The monoisotopic (exact) mass is 440 g/mol. The molecule has 0 bridgehead atoms. The van der Waals surface area contributed by atoms with Gasteiger partial charge in [0.15, 0.2) is 0 Å². The zero-order valence-electron chi connectivity index (χ0n) is 19.6. The molecule has 0 atom stereocenters. The first kappa shape index (κ1) is 25.4. The maximum absolute atomic E-state index is 12.8. The second kappa shape index (κ2) is 14.2. The van der Waals surface area contributed by atoms with E-state index in [9.17, 15) is 9.59 Å². The number of carbonyl (C=O) groups is 2. The lowest BCUT2D eigenvalue weighted by Crippen LogP contribution is -2.38. The van der Waals surface area contributed by atoms with Gasteiger partial charge in [0.05, 0.1) is 13.0 Å². The predicted molar refractivity (Wildman–Crippen MR) is 128 cm³/mol. The molecule has 0 spiro atoms. The van der Waals surface area contributed by atoms with Gasteiger partial charge in [0, 0.05) is 19.3 Å². The molecule has 0 saturated carbocycles. The van der Waals surface area contributed by atoms with Gasteiger partial charge in [-0.2, -0.15) is 4.89 Å². The molecular weight excluding hydrogens is 404 g/mol. The lowest BCUT2D eigenvalue weighted by atomic mass is 9.99. The van der Waals surface area contributed by atoms with Crippen LogP contribution in [-0.4, -0.2) is 32.2 Å². The molecule has 0 fully saturated rings. The molecule has 0 heterocycles. The SMILES string of the molecule is CCCCCCCNC(=O)N(C)c1cc(-c2ccccc2)ccc1CCC(=O)OOCC. The van der Waals surface area contributed by atoms with Crippen molar-refractivity contribution in [1.29, 1.82) is 0 Å². The normalized spacial score (nSPS) is 10.6. The maximum Gasteiger partial charge on any atom is 0.342 e. The zero-order chi connectivity index (χ0) is 23.2. The number of nitrogens with zero attached hydrogens (tertiary/aromatic N) is 1. The van der Waals surface area contributed by atoms with E-state index in [1.165, 1.54) is 19.3 Å². The number of urea groups is 1. The molecule has 0 unspecified atom stereocenters. The second-order valence-electron chi connectivity index (χ2n) is 7.78. The van der Waals surface area contributed by atoms with Gasteiger partial charge in [0.2, 0.25) is 0 Å². The third-order valence-corrected chi connectivity index (χ3v) is 5.28. The van der Waals surface area contributed by atoms with E-state index >= 15 is 0 Å². The molecule has 2 aromatic rings. The summed E-state index contributed by atoms with van der Waals surface area (Å²) in [5, 5.41) is 3.01. The number of amides is 2. The van der Waals surface area contributed by atoms with Crippen molar-refractivity contribution in [3.8, 4) is 11.1 Å². The molecule has 0 aliphatic carbocycles. The van der Waals surface area contributed by atoms with Crippen LogP contribution in [-0.2, 0) is 21.0 Å². The highest BCUT2D eigenvalue weighted by Crippen LogP contribution is 2.29. The fraction of sp³-hybridized carbons (Fsp3) is 0.462. The van der Waals surface area contributed by atoms with Crippen molar-refractivity contribution in [2.24, 2.45) is 0 Å². The molecule has 2 amide bonds. The smallest absolute Gasteiger partial charge is 0.338 e. The van der Waals surface area contributed by atoms with Crippen LogP contribution in [0.3, 0.4) is 0 Å². The third kappa shape index (κ3) is 8.35. The highest BCUT2D eigenvalue weighted by atomic mass is 17.2. The summed E-state index contributed by atoms with van der Waals surface area (Å²) >= 11 is 0. The molecule has 2 rings (SSSR count). The molecule has 1 N–H and O–H groups in total. The number of hydrogen-bond donors (Lipinski definition) is 1. The quantitative estimate of drug-likeness (QED) is 0.239. The van der Waals surface area contributed by atoms with Gasteiger partial charge in [-0.05, 0) is 42.5 Å². The van der Waals surface area contributed by atoms with Crippen molar-refractivity contribution < 1.29 is 19.4 Å². The number of carbonyl (C=O) groups excluding carboxylic acids is 2. The summed E-state index contributed by atoms with van der Waals surface area (Å²) in [6, 6.07) is 15.9. The first-order valence-corrected chi connectivity index (χ1v) is 11.6. The Bertz CT molecular complexity index is 839. The van der Waals surface area contributed by atoms with Crippen LogP contribution >= 0.6 is 0 Å². The van der Waals surface area contributed by atoms with Gasteiger partial charge in [-0.15, -0.1) is 0 Å². The minimum absolute atomic E-state index is 0.149. The molecule has 174 valence electrons. The Labute approximate surface area is 191 Å². The average Bonchev–Trinajstić information content (AvgIpc) is 2.83. The van der Waals surface area contributed by atoms with Crippen LogP contribution in [0.5, 0.6) is 0 Å². The first-order chi connectivity index (χ1) is 15.6. The van der Waals surface area contributed by atoms with E-state index in [0.29, 0.717) is 19.6 Å². The number of rotatable bonds is 13. The minimum Gasteiger partial charge on any atom is -0.338 e. The van der Waals surface area contributed by atoms with Gasteiger partial charge in [0.25, 0.3) is 0 Å². The van der Waals surface area contributed by atoms with Gasteiger partial charge >= 0.3 is 12.0 Å². The van der Waals surface area contributed by atoms with Crippen molar-refractivity contribution in [3.63, 3.8) is 0 Å². The number of benzene rings is 2. The number of nitrogens with one attached hydrogen (secondary N) is 1. The van der Waals surface area contributed by atoms with E-state index in [4.69, 9.17) is 9.78 Å². The highest BCUT2D eigenvalue weighted by molar-refractivity contribution is 5.93. The van der Waals surface area contributed by atoms with Gasteiger partial charge in [-0.1, -0.05) is 75.1 Å². The Morgan fingerprint density at radius 3 is 2.41 bits per heavy atom. The second-order valence-corrected chi connectivity index (χ2v) is 7.78. The summed E-state index contributed by atoms with van der Waals surface area (Å²) in [5.74, 6) is -0.427. The van der Waals surface area contributed by atoms with Crippen LogP contribution in [0.4, 0.5) is 10.5 Å². The lowest BCUT2D eigenvalue weighted by molar-refractivity contribution is -0.269. The highest BCUT2D eigenvalue weighted by Gasteiger charge is 2.17. The Balaban J connectivity index is 2.12. The Morgan fingerprint density at radius 1 is 0.938 bits per heavy atom. The molecule has 6 heteroatoms. The molecule has 0 aliphatic rings. The molecule has 0 aromatic heterocycles. The molecule has 0 aliphatic heterocycles. The van der Waals surface area contributed by atoms with E-state index in [0.717, 1.165) is 35.2 Å². The van der Waals surface area contributed by atoms with Gasteiger partial charge in [0.1, 0.15) is 0 Å². The van der Waals surface area contributed by atoms with E-state index in [1.807, 2.05) is 48.5 Å². The fourth-order valence-corrected chi connectivity index (χ4v) is 3.45. The van der Waals surface area contributed by atoms with Crippen LogP contribution < -0.4 is 10.2 Å². The van der Waals surface area contributed by atoms with Gasteiger partial charge in [-0.25, -0.2) is 9.59 Å². The standard InChI is InChI=1S/C26H36N2O4/c1-4-6-7-8-12-19-27-26(30)28(3)24-20-23(21-13-10-9-11-14-21)16-15-22(24)17-18-25(29)32-31-5-2/h9-11,13-16,20H,4-8,12,17-19H2,1-3H3,(H,27,30). The van der Waals surface area contributed by atoms with Gasteiger partial charge < -0.3 is 5.32 Å². The molecule has 32 heavy (non-hydrogen) atoms. The summed E-state index contributed by atoms with van der Waals surface area (Å²) < 4.78 is 0. The maximum atomic E-state index is 12.8. The first-order valence-electron chi connectivity index (χ1n) is 11.6. The number of hydrogen-bond acceptors (Lipinski definition) is 4. The van der Waals surface area contributed by atoms with Crippen molar-refractivity contribution in [2.75, 3.05) is 25.1 Å². The van der Waals surface area contributed by atoms with Gasteiger partial charge in [-0.3, -0.25) is 9.79 Å². The lowest BCUT2D eigenvalue weighted by Gasteiger charge is -2.22. The minimum atomic E-state index is -0.427. The summed E-state index contributed by atoms with van der Waals surface area (Å²) in [4.78, 5) is 35.8. The summed E-state index contributed by atoms with van der Waals surface area (Å²) in [5.41, 5.74) is 3.76. The van der Waals surface area contributed by atoms with E-state index in [2.05, 4.69) is 12.2 Å². The van der Waals surface area contributed by atoms with E-state index in [1.54, 1.807) is 18.9 Å².